The molecule has 0 atom stereocenters. The average molecular weight is 321 g/mol. The van der Waals surface area contributed by atoms with Crippen molar-refractivity contribution in [1.82, 2.24) is 15.0 Å². The Balaban J connectivity index is 1.98. The van der Waals surface area contributed by atoms with Crippen LogP contribution in [0.25, 0.3) is 11.4 Å². The molecule has 1 N–H and O–H groups in total. The summed E-state index contributed by atoms with van der Waals surface area (Å²) in [5.74, 6) is -1.31. The van der Waals surface area contributed by atoms with Gasteiger partial charge in [0.15, 0.2) is 0 Å². The van der Waals surface area contributed by atoms with Crippen LogP contribution in [0.3, 0.4) is 0 Å². The third kappa shape index (κ3) is 4.35. The Bertz CT molecular complexity index is 729. The molecule has 2 rings (SSSR count). The standard InChI is InChI=1S/C15H16FN3O4/c1-9-3-4-10(7-11(9)16)15-17-12(23-18-15)5-6-13(20)19(2)8-14(21)22/h3-4,7H,5-6,8H2,1-2H3,(H,21,22). The van der Waals surface area contributed by atoms with E-state index in [1.165, 1.54) is 13.1 Å². The van der Waals surface area contributed by atoms with Crippen LogP contribution in [-0.4, -0.2) is 45.6 Å². The summed E-state index contributed by atoms with van der Waals surface area (Å²) in [6, 6.07) is 4.61. The van der Waals surface area contributed by atoms with Gasteiger partial charge in [-0.2, -0.15) is 4.98 Å². The van der Waals surface area contributed by atoms with Crippen LogP contribution in [0.5, 0.6) is 0 Å². The number of likely N-dealkylation sites (N-methyl/N-ethyl adjacent to an activating group) is 1. The number of carbonyl (C=O) groups excluding carboxylic acids is 1. The molecule has 0 bridgehead atoms. The van der Waals surface area contributed by atoms with Gasteiger partial charge in [0.05, 0.1) is 0 Å². The van der Waals surface area contributed by atoms with Crippen molar-refractivity contribution < 1.29 is 23.6 Å². The Hall–Kier alpha value is -2.77. The number of aryl methyl sites for hydroxylation is 2. The largest absolute Gasteiger partial charge is 0.480 e. The normalized spacial score (nSPS) is 10.6. The fraction of sp³-hybridized carbons (Fsp3) is 0.333. The molecular formula is C15H16FN3O4. The SMILES string of the molecule is Cc1ccc(-c2noc(CCC(=O)N(C)CC(=O)O)n2)cc1F. The number of aromatic nitrogens is 2. The number of hydrogen-bond donors (Lipinski definition) is 1. The zero-order chi connectivity index (χ0) is 17.0. The first-order valence-corrected chi connectivity index (χ1v) is 6.91. The highest BCUT2D eigenvalue weighted by molar-refractivity contribution is 5.81. The number of carbonyl (C=O) groups is 2. The fourth-order valence-electron chi connectivity index (χ4n) is 1.90. The minimum absolute atomic E-state index is 0.0493. The molecule has 1 aromatic carbocycles. The van der Waals surface area contributed by atoms with Crippen LogP contribution in [0.1, 0.15) is 17.9 Å². The van der Waals surface area contributed by atoms with E-state index in [4.69, 9.17) is 9.63 Å². The average Bonchev–Trinajstić information content (AvgIpc) is 2.95. The first-order valence-electron chi connectivity index (χ1n) is 6.91. The van der Waals surface area contributed by atoms with Crippen LogP contribution < -0.4 is 0 Å². The Morgan fingerprint density at radius 1 is 1.39 bits per heavy atom. The topological polar surface area (TPSA) is 96.5 Å². The van der Waals surface area contributed by atoms with E-state index >= 15 is 0 Å². The van der Waals surface area contributed by atoms with E-state index in [1.54, 1.807) is 19.1 Å². The molecule has 2 aromatic rings. The van der Waals surface area contributed by atoms with Crippen molar-refractivity contribution in [2.75, 3.05) is 13.6 Å². The van der Waals surface area contributed by atoms with E-state index in [0.717, 1.165) is 4.90 Å². The van der Waals surface area contributed by atoms with Crippen LogP contribution in [0.2, 0.25) is 0 Å². The van der Waals surface area contributed by atoms with Crippen molar-refractivity contribution in [2.45, 2.75) is 19.8 Å². The molecule has 0 aliphatic heterocycles. The number of hydrogen-bond acceptors (Lipinski definition) is 5. The summed E-state index contributed by atoms with van der Waals surface area (Å²) in [6.07, 6.45) is 0.234. The third-order valence-electron chi connectivity index (χ3n) is 3.25. The number of amides is 1. The minimum atomic E-state index is -1.08. The van der Waals surface area contributed by atoms with Crippen molar-refractivity contribution in [3.05, 3.63) is 35.5 Å². The summed E-state index contributed by atoms with van der Waals surface area (Å²) in [7, 11) is 1.41. The van der Waals surface area contributed by atoms with Gasteiger partial charge < -0.3 is 14.5 Å². The molecule has 0 fully saturated rings. The molecule has 0 aliphatic rings. The molecule has 122 valence electrons. The van der Waals surface area contributed by atoms with Gasteiger partial charge in [0.1, 0.15) is 12.4 Å². The molecule has 1 heterocycles. The molecule has 1 aromatic heterocycles. The minimum Gasteiger partial charge on any atom is -0.480 e. The van der Waals surface area contributed by atoms with Crippen molar-refractivity contribution in [3.8, 4) is 11.4 Å². The molecule has 0 aliphatic carbocycles. The third-order valence-corrected chi connectivity index (χ3v) is 3.25. The molecule has 8 heteroatoms. The predicted molar refractivity (Wildman–Crippen MR) is 78.0 cm³/mol. The van der Waals surface area contributed by atoms with Gasteiger partial charge in [0.25, 0.3) is 0 Å². The Morgan fingerprint density at radius 3 is 2.78 bits per heavy atom. The lowest BCUT2D eigenvalue weighted by molar-refractivity contribution is -0.143. The zero-order valence-corrected chi connectivity index (χ0v) is 12.7. The number of carboxylic acid groups (broad SMARTS) is 1. The molecule has 0 radical (unpaired) electrons. The van der Waals surface area contributed by atoms with Gasteiger partial charge in [0.2, 0.25) is 17.6 Å². The number of rotatable bonds is 6. The van der Waals surface area contributed by atoms with Gasteiger partial charge in [-0.3, -0.25) is 9.59 Å². The summed E-state index contributed by atoms with van der Waals surface area (Å²) < 4.78 is 18.6. The second kappa shape index (κ2) is 6.99. The summed E-state index contributed by atoms with van der Waals surface area (Å²) in [4.78, 5) is 27.5. The van der Waals surface area contributed by atoms with Crippen molar-refractivity contribution in [1.29, 1.82) is 0 Å². The predicted octanol–water partition coefficient (Wildman–Crippen LogP) is 1.66. The van der Waals surface area contributed by atoms with Crippen molar-refractivity contribution in [2.24, 2.45) is 0 Å². The highest BCUT2D eigenvalue weighted by Crippen LogP contribution is 2.19. The first-order chi connectivity index (χ1) is 10.9. The molecule has 0 saturated heterocycles. The second-order valence-electron chi connectivity index (χ2n) is 5.12. The van der Waals surface area contributed by atoms with E-state index in [2.05, 4.69) is 10.1 Å². The van der Waals surface area contributed by atoms with Crippen LogP contribution in [0.4, 0.5) is 4.39 Å². The number of halogens is 1. The zero-order valence-electron chi connectivity index (χ0n) is 12.7. The maximum absolute atomic E-state index is 13.5. The molecule has 0 spiro atoms. The van der Waals surface area contributed by atoms with Gasteiger partial charge in [-0.25, -0.2) is 4.39 Å². The van der Waals surface area contributed by atoms with Gasteiger partial charge in [0, 0.05) is 25.5 Å². The number of carboxylic acids is 1. The lowest BCUT2D eigenvalue weighted by atomic mass is 10.1. The van der Waals surface area contributed by atoms with E-state index < -0.39 is 5.97 Å². The lowest BCUT2D eigenvalue weighted by Gasteiger charge is -2.13. The molecule has 23 heavy (non-hydrogen) atoms. The maximum atomic E-state index is 13.5. The Kier molecular flexibility index (Phi) is 5.05. The first kappa shape index (κ1) is 16.6. The van der Waals surface area contributed by atoms with E-state index in [9.17, 15) is 14.0 Å². The van der Waals surface area contributed by atoms with Crippen LogP contribution >= 0.6 is 0 Å². The number of benzene rings is 1. The summed E-state index contributed by atoms with van der Waals surface area (Å²) in [5, 5.41) is 12.4. The van der Waals surface area contributed by atoms with Crippen LogP contribution in [0, 0.1) is 12.7 Å². The van der Waals surface area contributed by atoms with E-state index in [1.807, 2.05) is 0 Å². The van der Waals surface area contributed by atoms with E-state index in [-0.39, 0.29) is 42.8 Å². The van der Waals surface area contributed by atoms with Crippen molar-refractivity contribution in [3.63, 3.8) is 0 Å². The monoisotopic (exact) mass is 321 g/mol. The van der Waals surface area contributed by atoms with Crippen LogP contribution in [0.15, 0.2) is 22.7 Å². The van der Waals surface area contributed by atoms with Gasteiger partial charge in [-0.15, -0.1) is 0 Å². The van der Waals surface area contributed by atoms with E-state index in [0.29, 0.717) is 11.1 Å². The Labute approximate surface area is 131 Å². The highest BCUT2D eigenvalue weighted by Gasteiger charge is 2.15. The fourth-order valence-corrected chi connectivity index (χ4v) is 1.90. The highest BCUT2D eigenvalue weighted by atomic mass is 19.1. The van der Waals surface area contributed by atoms with Crippen molar-refractivity contribution >= 4 is 11.9 Å². The smallest absolute Gasteiger partial charge is 0.323 e. The number of aliphatic carboxylic acids is 1. The summed E-state index contributed by atoms with van der Waals surface area (Å²) >= 11 is 0. The summed E-state index contributed by atoms with van der Waals surface area (Å²) in [5.41, 5.74) is 1.00. The summed E-state index contributed by atoms with van der Waals surface area (Å²) in [6.45, 7) is 1.29. The molecule has 7 nitrogen and oxygen atoms in total. The van der Waals surface area contributed by atoms with Gasteiger partial charge >= 0.3 is 5.97 Å². The lowest BCUT2D eigenvalue weighted by Crippen LogP contribution is -2.32. The molecule has 0 saturated carbocycles. The second-order valence-corrected chi connectivity index (χ2v) is 5.12. The number of nitrogens with zero attached hydrogens (tertiary/aromatic N) is 3. The molecule has 0 unspecified atom stereocenters. The molecule has 1 amide bonds. The molecular weight excluding hydrogens is 305 g/mol. The quantitative estimate of drug-likeness (QED) is 0.869. The maximum Gasteiger partial charge on any atom is 0.323 e. The van der Waals surface area contributed by atoms with Crippen LogP contribution in [-0.2, 0) is 16.0 Å². The van der Waals surface area contributed by atoms with Gasteiger partial charge in [-0.1, -0.05) is 17.3 Å². The van der Waals surface area contributed by atoms with Gasteiger partial charge in [-0.05, 0) is 18.6 Å². The Morgan fingerprint density at radius 2 is 2.13 bits per heavy atom.